The van der Waals surface area contributed by atoms with Crippen LogP contribution in [0.3, 0.4) is 0 Å². The van der Waals surface area contributed by atoms with Crippen molar-refractivity contribution in [3.63, 3.8) is 0 Å². The molecule has 0 rings (SSSR count). The van der Waals surface area contributed by atoms with Crippen molar-refractivity contribution in [2.75, 3.05) is 21.1 Å². The summed E-state index contributed by atoms with van der Waals surface area (Å²) in [6.45, 7) is 5.15. The molecule has 0 atom stereocenters. The maximum absolute atomic E-state index is 11.2. The lowest BCUT2D eigenvalue weighted by Crippen LogP contribution is -2.50. The number of hydrogen-bond acceptors (Lipinski definition) is 1. The summed E-state index contributed by atoms with van der Waals surface area (Å²) in [6, 6.07) is 0. The third-order valence-corrected chi connectivity index (χ3v) is 1.87. The molecule has 0 aromatic heterocycles. The first-order chi connectivity index (χ1) is 5.25. The molecule has 0 N–H and O–H groups in total. The van der Waals surface area contributed by atoms with Crippen LogP contribution in [0.25, 0.3) is 0 Å². The van der Waals surface area contributed by atoms with Crippen molar-refractivity contribution < 1.29 is 9.19 Å². The lowest BCUT2D eigenvalue weighted by atomic mass is 9.37. The van der Waals surface area contributed by atoms with Crippen LogP contribution in [0.2, 0.25) is 6.32 Å². The van der Waals surface area contributed by atoms with Gasteiger partial charge in [0.05, 0.1) is 0 Å². The zero-order valence-electron chi connectivity index (χ0n) is 8.42. The SMILES string of the molecule is [B]B(CC(=O)C(=C)C)[N+](C)(C)C. The Kier molecular flexibility index (Phi) is 3.78. The van der Waals surface area contributed by atoms with Crippen molar-refractivity contribution in [2.45, 2.75) is 13.2 Å². The van der Waals surface area contributed by atoms with Gasteiger partial charge in [-0.25, -0.2) is 0 Å². The fourth-order valence-corrected chi connectivity index (χ4v) is 0.638. The van der Waals surface area contributed by atoms with Crippen molar-refractivity contribution in [2.24, 2.45) is 0 Å². The average Bonchev–Trinajstić information content (AvgIpc) is 1.85. The van der Waals surface area contributed by atoms with Gasteiger partial charge in [-0.3, -0.25) is 4.79 Å². The molecule has 0 fully saturated rings. The normalized spacial score (nSPS) is 11.0. The van der Waals surface area contributed by atoms with Gasteiger partial charge in [-0.15, -0.1) is 0 Å². The summed E-state index contributed by atoms with van der Waals surface area (Å²) in [5.74, 6) is 0.0514. The summed E-state index contributed by atoms with van der Waals surface area (Å²) in [4.78, 5) is 11.2. The molecule has 0 aromatic carbocycles. The standard InChI is InChI=1S/C8H16B2NO/c1-7(2)8(12)6-10(9)11(3,4)5/h1,6H2,2-5H3/q+1. The number of nitrogens with zero attached hydrogens (tertiary/aromatic N) is 1. The van der Waals surface area contributed by atoms with Crippen LogP contribution in [0.5, 0.6) is 0 Å². The molecule has 2 nitrogen and oxygen atoms in total. The fourth-order valence-electron chi connectivity index (χ4n) is 0.638. The van der Waals surface area contributed by atoms with Crippen molar-refractivity contribution in [3.05, 3.63) is 12.2 Å². The molecular weight excluding hydrogens is 148 g/mol. The van der Waals surface area contributed by atoms with Gasteiger partial charge in [0.1, 0.15) is 7.74 Å². The van der Waals surface area contributed by atoms with E-state index in [0.29, 0.717) is 16.3 Å². The molecule has 0 spiro atoms. The maximum atomic E-state index is 11.2. The molecule has 0 unspecified atom stereocenters. The molecule has 0 amide bonds. The minimum absolute atomic E-state index is 0.0514. The molecule has 64 valence electrons. The first-order valence-corrected chi connectivity index (χ1v) is 4.00. The fraction of sp³-hybridized carbons (Fsp3) is 0.625. The van der Waals surface area contributed by atoms with Gasteiger partial charge in [-0.05, 0) is 12.5 Å². The molecule has 0 aliphatic heterocycles. The van der Waals surface area contributed by atoms with Crippen LogP contribution in [-0.4, -0.2) is 45.8 Å². The van der Waals surface area contributed by atoms with Crippen LogP contribution in [0.4, 0.5) is 0 Å². The van der Waals surface area contributed by atoms with Gasteiger partial charge in [0, 0.05) is 27.5 Å². The van der Waals surface area contributed by atoms with E-state index >= 15 is 0 Å². The Bertz CT molecular complexity index is 196. The van der Waals surface area contributed by atoms with Crippen molar-refractivity contribution in [1.82, 2.24) is 0 Å². The van der Waals surface area contributed by atoms with Gasteiger partial charge < -0.3 is 4.39 Å². The quantitative estimate of drug-likeness (QED) is 0.436. The molecule has 0 heterocycles. The topological polar surface area (TPSA) is 17.1 Å². The number of Topliss-reactive ketones (excluding diaryl/α,β-unsaturated/α-hetero) is 1. The van der Waals surface area contributed by atoms with Gasteiger partial charge >= 0.3 is 6.74 Å². The predicted molar refractivity (Wildman–Crippen MR) is 54.2 cm³/mol. The average molecular weight is 164 g/mol. The van der Waals surface area contributed by atoms with Gasteiger partial charge in [-0.1, -0.05) is 6.58 Å². The molecule has 0 bridgehead atoms. The van der Waals surface area contributed by atoms with Crippen LogP contribution >= 0.6 is 0 Å². The second-order valence-corrected chi connectivity index (χ2v) is 4.09. The lowest BCUT2D eigenvalue weighted by molar-refractivity contribution is -0.758. The highest BCUT2D eigenvalue weighted by atomic mass is 16.1. The number of allylic oxidation sites excluding steroid dienone is 1. The summed E-state index contributed by atoms with van der Waals surface area (Å²) in [7, 11) is 11.7. The van der Waals surface area contributed by atoms with E-state index in [2.05, 4.69) is 6.58 Å². The van der Waals surface area contributed by atoms with E-state index in [9.17, 15) is 4.79 Å². The summed E-state index contributed by atoms with van der Waals surface area (Å²) >= 11 is 0. The molecular formula is C8H16B2NO+. The van der Waals surface area contributed by atoms with E-state index in [4.69, 9.17) is 7.74 Å². The predicted octanol–water partition coefficient (Wildman–Crippen LogP) is 0.494. The Balaban J connectivity index is 4.11. The number of ketones is 1. The summed E-state index contributed by atoms with van der Waals surface area (Å²) in [5.41, 5.74) is 0.582. The van der Waals surface area contributed by atoms with Crippen molar-refractivity contribution in [3.8, 4) is 0 Å². The molecule has 12 heavy (non-hydrogen) atoms. The molecule has 0 saturated carbocycles. The summed E-state index contributed by atoms with van der Waals surface area (Å²) in [5, 5.41) is 0. The van der Waals surface area contributed by atoms with Crippen LogP contribution in [0.1, 0.15) is 6.92 Å². The molecule has 0 aliphatic carbocycles. The Morgan fingerprint density at radius 2 is 1.92 bits per heavy atom. The largest absolute Gasteiger partial charge is 0.409 e. The zero-order valence-corrected chi connectivity index (χ0v) is 8.42. The van der Waals surface area contributed by atoms with Crippen molar-refractivity contribution in [1.29, 1.82) is 0 Å². The molecule has 0 saturated heterocycles. The lowest BCUT2D eigenvalue weighted by Gasteiger charge is -2.30. The Hall–Kier alpha value is -0.500. The Labute approximate surface area is 76.7 Å². The van der Waals surface area contributed by atoms with E-state index in [1.165, 1.54) is 0 Å². The Morgan fingerprint density at radius 3 is 2.17 bits per heavy atom. The third-order valence-electron chi connectivity index (χ3n) is 1.87. The van der Waals surface area contributed by atoms with Crippen LogP contribution in [0, 0.1) is 0 Å². The van der Waals surface area contributed by atoms with Crippen LogP contribution in [0.15, 0.2) is 12.2 Å². The number of rotatable bonds is 4. The smallest absolute Gasteiger partial charge is 0.347 e. The van der Waals surface area contributed by atoms with Crippen molar-refractivity contribution >= 4 is 20.3 Å². The number of hydrogen-bond donors (Lipinski definition) is 0. The highest BCUT2D eigenvalue weighted by Gasteiger charge is 2.27. The highest BCUT2D eigenvalue weighted by Crippen LogP contribution is 2.04. The second-order valence-electron chi connectivity index (χ2n) is 4.09. The van der Waals surface area contributed by atoms with Crippen LogP contribution in [-0.2, 0) is 4.79 Å². The second kappa shape index (κ2) is 3.94. The zero-order chi connectivity index (χ0) is 9.94. The van der Waals surface area contributed by atoms with E-state index in [1.807, 2.05) is 21.1 Å². The van der Waals surface area contributed by atoms with Gasteiger partial charge in [0.2, 0.25) is 0 Å². The Morgan fingerprint density at radius 1 is 1.50 bits per heavy atom. The minimum Gasteiger partial charge on any atom is -0.409 e. The van der Waals surface area contributed by atoms with E-state index < -0.39 is 0 Å². The summed E-state index contributed by atoms with van der Waals surface area (Å²) < 4.78 is 0.596. The van der Waals surface area contributed by atoms with Gasteiger partial charge in [0.15, 0.2) is 5.78 Å². The van der Waals surface area contributed by atoms with E-state index in [0.717, 1.165) is 0 Å². The number of carbonyl (C=O) groups excluding carboxylic acids is 1. The third kappa shape index (κ3) is 3.77. The maximum Gasteiger partial charge on any atom is 0.347 e. The molecule has 0 aromatic rings. The number of quaternary nitrogens is 1. The molecule has 2 radical (unpaired) electrons. The van der Waals surface area contributed by atoms with Crippen LogP contribution < -0.4 is 0 Å². The first-order valence-electron chi connectivity index (χ1n) is 4.00. The van der Waals surface area contributed by atoms with Gasteiger partial charge in [-0.2, -0.15) is 0 Å². The highest BCUT2D eigenvalue weighted by molar-refractivity contribution is 7.00. The molecule has 4 heteroatoms. The van der Waals surface area contributed by atoms with Gasteiger partial charge in [0.25, 0.3) is 0 Å². The van der Waals surface area contributed by atoms with E-state index in [-0.39, 0.29) is 12.5 Å². The first kappa shape index (κ1) is 11.5. The van der Waals surface area contributed by atoms with E-state index in [1.54, 1.807) is 6.92 Å². The minimum atomic E-state index is -0.144. The number of carbonyl (C=O) groups is 1. The monoisotopic (exact) mass is 164 g/mol. The summed E-state index contributed by atoms with van der Waals surface area (Å²) in [6.07, 6.45) is 0.374. The molecule has 0 aliphatic rings.